The second-order valence-corrected chi connectivity index (χ2v) is 3.24. The molecule has 1 heterocycles. The number of carbonyl (C=O) groups is 2. The lowest BCUT2D eigenvalue weighted by atomic mass is 10.1. The van der Waals surface area contributed by atoms with Crippen molar-refractivity contribution in [2.45, 2.75) is 12.7 Å². The van der Waals surface area contributed by atoms with E-state index in [1.54, 1.807) is 19.3 Å². The number of nitrogens with zero attached hydrogens (tertiary/aromatic N) is 2. The number of carbonyl (C=O) groups excluding carboxylic acids is 2. The molecule has 6 nitrogen and oxygen atoms in total. The van der Waals surface area contributed by atoms with Crippen LogP contribution in [-0.4, -0.2) is 41.9 Å². The predicted molar refractivity (Wildman–Crippen MR) is 55.0 cm³/mol. The summed E-state index contributed by atoms with van der Waals surface area (Å²) in [4.78, 5) is 23.1. The molecule has 0 atom stereocenters. The number of ketones is 2. The van der Waals surface area contributed by atoms with E-state index in [9.17, 15) is 9.59 Å². The summed E-state index contributed by atoms with van der Waals surface area (Å²) in [5, 5.41) is 3.91. The highest BCUT2D eigenvalue weighted by Crippen LogP contribution is 2.04. The second kappa shape index (κ2) is 5.53. The molecule has 0 bridgehead atoms. The van der Waals surface area contributed by atoms with Gasteiger partial charge in [-0.1, -0.05) is 0 Å². The Labute approximate surface area is 93.1 Å². The number of methoxy groups -OCH3 is 2. The number of hydrogen-bond acceptors (Lipinski definition) is 5. The summed E-state index contributed by atoms with van der Waals surface area (Å²) in [7, 11) is 4.39. The van der Waals surface area contributed by atoms with Gasteiger partial charge in [0, 0.05) is 27.5 Å². The standard InChI is InChI=1S/C10H14N2O4/c1-12-5-4-7(11-12)8(13)6-9(14)10(15-2)16-3/h4-5,10H,6H2,1-3H3. The summed E-state index contributed by atoms with van der Waals surface area (Å²) in [5.41, 5.74) is 0.266. The van der Waals surface area contributed by atoms with Crippen LogP contribution in [-0.2, 0) is 21.3 Å². The molecule has 0 saturated carbocycles. The predicted octanol–water partition coefficient (Wildman–Crippen LogP) is 0.181. The van der Waals surface area contributed by atoms with Gasteiger partial charge < -0.3 is 9.47 Å². The van der Waals surface area contributed by atoms with E-state index in [1.165, 1.54) is 18.9 Å². The van der Waals surface area contributed by atoms with Crippen molar-refractivity contribution in [2.75, 3.05) is 14.2 Å². The number of ether oxygens (including phenoxy) is 2. The zero-order valence-electron chi connectivity index (χ0n) is 9.47. The number of aromatic nitrogens is 2. The van der Waals surface area contributed by atoms with Crippen LogP contribution < -0.4 is 0 Å². The van der Waals surface area contributed by atoms with Crippen LogP contribution in [0.15, 0.2) is 12.3 Å². The minimum absolute atomic E-state index is 0.266. The monoisotopic (exact) mass is 226 g/mol. The van der Waals surface area contributed by atoms with Crippen LogP contribution in [0, 0.1) is 0 Å². The van der Waals surface area contributed by atoms with Gasteiger partial charge in [-0.2, -0.15) is 5.10 Å². The maximum Gasteiger partial charge on any atom is 0.217 e. The Morgan fingerprint density at radius 3 is 2.50 bits per heavy atom. The quantitative estimate of drug-likeness (QED) is 0.393. The third kappa shape index (κ3) is 2.98. The van der Waals surface area contributed by atoms with Crippen LogP contribution in [0.2, 0.25) is 0 Å². The third-order valence-electron chi connectivity index (χ3n) is 2.03. The topological polar surface area (TPSA) is 70.4 Å². The fourth-order valence-corrected chi connectivity index (χ4v) is 1.26. The minimum atomic E-state index is -0.993. The van der Waals surface area contributed by atoms with Gasteiger partial charge in [0.15, 0.2) is 11.6 Å². The van der Waals surface area contributed by atoms with Gasteiger partial charge in [0.2, 0.25) is 6.29 Å². The van der Waals surface area contributed by atoms with Gasteiger partial charge in [-0.05, 0) is 6.07 Å². The maximum atomic E-state index is 11.6. The van der Waals surface area contributed by atoms with Crippen molar-refractivity contribution in [3.63, 3.8) is 0 Å². The first-order chi connectivity index (χ1) is 7.58. The Balaban J connectivity index is 2.61. The van der Waals surface area contributed by atoms with E-state index in [2.05, 4.69) is 5.10 Å². The zero-order valence-corrected chi connectivity index (χ0v) is 9.47. The molecule has 88 valence electrons. The normalized spacial score (nSPS) is 10.8. The molecule has 1 aromatic rings. The van der Waals surface area contributed by atoms with E-state index in [-0.39, 0.29) is 17.9 Å². The second-order valence-electron chi connectivity index (χ2n) is 3.24. The van der Waals surface area contributed by atoms with E-state index < -0.39 is 12.1 Å². The fourth-order valence-electron chi connectivity index (χ4n) is 1.26. The van der Waals surface area contributed by atoms with Crippen molar-refractivity contribution in [1.29, 1.82) is 0 Å². The molecule has 0 saturated heterocycles. The lowest BCUT2D eigenvalue weighted by Gasteiger charge is -2.10. The summed E-state index contributed by atoms with van der Waals surface area (Å²) < 4.78 is 11.0. The molecule has 0 aliphatic rings. The highest BCUT2D eigenvalue weighted by molar-refractivity contribution is 6.07. The molecule has 0 fully saturated rings. The first-order valence-electron chi connectivity index (χ1n) is 4.69. The van der Waals surface area contributed by atoms with Gasteiger partial charge >= 0.3 is 0 Å². The van der Waals surface area contributed by atoms with Crippen molar-refractivity contribution in [2.24, 2.45) is 7.05 Å². The van der Waals surface area contributed by atoms with Crippen molar-refractivity contribution >= 4 is 11.6 Å². The first kappa shape index (κ1) is 12.5. The number of hydrogen-bond donors (Lipinski definition) is 0. The molecular formula is C10H14N2O4. The Hall–Kier alpha value is -1.53. The van der Waals surface area contributed by atoms with Gasteiger partial charge in [-0.15, -0.1) is 0 Å². The molecule has 0 spiro atoms. The van der Waals surface area contributed by atoms with Crippen LogP contribution >= 0.6 is 0 Å². The largest absolute Gasteiger partial charge is 0.349 e. The zero-order chi connectivity index (χ0) is 12.1. The summed E-state index contributed by atoms with van der Waals surface area (Å²) in [5.74, 6) is -0.759. The molecule has 0 radical (unpaired) electrons. The molecule has 6 heteroatoms. The van der Waals surface area contributed by atoms with E-state index in [0.717, 1.165) is 0 Å². The van der Waals surface area contributed by atoms with Crippen molar-refractivity contribution in [3.05, 3.63) is 18.0 Å². The van der Waals surface area contributed by atoms with Gasteiger partial charge in [-0.25, -0.2) is 0 Å². The molecule has 0 N–H and O–H groups in total. The molecule has 1 aromatic heterocycles. The van der Waals surface area contributed by atoms with Crippen molar-refractivity contribution < 1.29 is 19.1 Å². The molecule has 1 rings (SSSR count). The fraction of sp³-hybridized carbons (Fsp3) is 0.500. The van der Waals surface area contributed by atoms with Crippen molar-refractivity contribution in [1.82, 2.24) is 9.78 Å². The minimum Gasteiger partial charge on any atom is -0.349 e. The van der Waals surface area contributed by atoms with E-state index >= 15 is 0 Å². The smallest absolute Gasteiger partial charge is 0.217 e. The van der Waals surface area contributed by atoms with Crippen molar-refractivity contribution in [3.8, 4) is 0 Å². The van der Waals surface area contributed by atoms with Crippen LogP contribution in [0.4, 0.5) is 0 Å². The van der Waals surface area contributed by atoms with Crippen LogP contribution in [0.3, 0.4) is 0 Å². The summed E-state index contributed by atoms with van der Waals surface area (Å²) in [6, 6.07) is 1.56. The highest BCUT2D eigenvalue weighted by atomic mass is 16.7. The average molecular weight is 226 g/mol. The summed E-state index contributed by atoms with van der Waals surface area (Å²) >= 11 is 0. The molecule has 0 aliphatic heterocycles. The van der Waals surface area contributed by atoms with Crippen LogP contribution in [0.25, 0.3) is 0 Å². The Morgan fingerprint density at radius 2 is 2.06 bits per heavy atom. The lowest BCUT2D eigenvalue weighted by Crippen LogP contribution is -2.27. The van der Waals surface area contributed by atoms with E-state index in [4.69, 9.17) is 9.47 Å². The molecule has 0 aromatic carbocycles. The molecule has 0 aliphatic carbocycles. The van der Waals surface area contributed by atoms with Gasteiger partial charge in [0.25, 0.3) is 0 Å². The third-order valence-corrected chi connectivity index (χ3v) is 2.03. The summed E-state index contributed by atoms with van der Waals surface area (Å²) in [6.07, 6.45) is 0.373. The SMILES string of the molecule is COC(OC)C(=O)CC(=O)c1ccn(C)n1. The molecular weight excluding hydrogens is 212 g/mol. The molecule has 0 unspecified atom stereocenters. The Morgan fingerprint density at radius 1 is 1.44 bits per heavy atom. The molecule has 16 heavy (non-hydrogen) atoms. The Kier molecular flexibility index (Phi) is 4.33. The van der Waals surface area contributed by atoms with Crippen LogP contribution in [0.5, 0.6) is 0 Å². The van der Waals surface area contributed by atoms with E-state index in [0.29, 0.717) is 0 Å². The van der Waals surface area contributed by atoms with Gasteiger partial charge in [0.1, 0.15) is 5.69 Å². The maximum absolute atomic E-state index is 11.6. The van der Waals surface area contributed by atoms with Crippen LogP contribution in [0.1, 0.15) is 16.9 Å². The molecule has 0 amide bonds. The van der Waals surface area contributed by atoms with E-state index in [1.807, 2.05) is 0 Å². The lowest BCUT2D eigenvalue weighted by molar-refractivity contribution is -0.155. The Bertz CT molecular complexity index is 382. The number of rotatable bonds is 6. The first-order valence-corrected chi connectivity index (χ1v) is 4.69. The van der Waals surface area contributed by atoms with Gasteiger partial charge in [-0.3, -0.25) is 14.3 Å². The average Bonchev–Trinajstić information content (AvgIpc) is 2.66. The number of aryl methyl sites for hydroxylation is 1. The summed E-state index contributed by atoms with van der Waals surface area (Å²) in [6.45, 7) is 0. The van der Waals surface area contributed by atoms with Gasteiger partial charge in [0.05, 0.1) is 6.42 Å². The highest BCUT2D eigenvalue weighted by Gasteiger charge is 2.21. The number of Topliss-reactive ketones (excluding diaryl/α,β-unsaturated/α-hetero) is 2.